The van der Waals surface area contributed by atoms with E-state index in [0.29, 0.717) is 5.39 Å². The van der Waals surface area contributed by atoms with Crippen molar-refractivity contribution < 1.29 is 44.2 Å². The SMILES string of the molecule is O=S(=O)([O-])C(F)(F)F.O=[N+]([O-])c1cccc(-c2cc3ccccc3[s+]2C(F)(F)F)c1. The monoisotopic (exact) mass is 473 g/mol. The van der Waals surface area contributed by atoms with Gasteiger partial charge in [-0.15, -0.1) is 13.2 Å². The smallest absolute Gasteiger partial charge is 0.601 e. The summed E-state index contributed by atoms with van der Waals surface area (Å²) in [5.74, 6) is 0. The summed E-state index contributed by atoms with van der Waals surface area (Å²) in [6.45, 7) is 0. The average Bonchev–Trinajstić information content (AvgIpc) is 3.00. The quantitative estimate of drug-likeness (QED) is 0.119. The minimum atomic E-state index is -6.09. The lowest BCUT2D eigenvalue weighted by Gasteiger charge is -2.08. The fraction of sp³-hybridized carbons (Fsp3) is 0.125. The fourth-order valence-corrected chi connectivity index (χ4v) is 4.25. The second-order valence-electron chi connectivity index (χ2n) is 5.51. The Morgan fingerprint density at radius 1 is 0.900 bits per heavy atom. The van der Waals surface area contributed by atoms with Crippen molar-refractivity contribution in [2.24, 2.45) is 0 Å². The third kappa shape index (κ3) is 5.25. The largest absolute Gasteiger partial charge is 0.741 e. The average molecular weight is 473 g/mol. The summed E-state index contributed by atoms with van der Waals surface area (Å²) in [6, 6.07) is 13.1. The third-order valence-corrected chi connectivity index (χ3v) is 6.14. The van der Waals surface area contributed by atoms with Crippen molar-refractivity contribution in [3.63, 3.8) is 0 Å². The van der Waals surface area contributed by atoms with E-state index in [9.17, 15) is 36.5 Å². The second kappa shape index (κ2) is 8.20. The first-order chi connectivity index (χ1) is 13.6. The number of nitro benzene ring substituents is 1. The molecule has 1 atom stereocenters. The van der Waals surface area contributed by atoms with Gasteiger partial charge in [-0.1, -0.05) is 18.2 Å². The van der Waals surface area contributed by atoms with Crippen molar-refractivity contribution in [2.45, 2.75) is 11.0 Å². The molecule has 0 bridgehead atoms. The van der Waals surface area contributed by atoms with Crippen molar-refractivity contribution in [1.29, 1.82) is 0 Å². The molecule has 3 aromatic rings. The number of rotatable bonds is 2. The van der Waals surface area contributed by atoms with Gasteiger partial charge in [0.05, 0.1) is 4.92 Å². The topological polar surface area (TPSA) is 100 Å². The van der Waals surface area contributed by atoms with Crippen LogP contribution in [0.25, 0.3) is 20.5 Å². The molecule has 1 aromatic heterocycles. The number of nitrogens with zero attached hydrogens (tertiary/aromatic N) is 1. The molecule has 0 radical (unpaired) electrons. The number of thiophene rings is 1. The van der Waals surface area contributed by atoms with E-state index in [4.69, 9.17) is 13.0 Å². The Morgan fingerprint density at radius 2 is 1.47 bits per heavy atom. The van der Waals surface area contributed by atoms with Crippen LogP contribution in [0.15, 0.2) is 54.6 Å². The first kappa shape index (κ1) is 23.6. The van der Waals surface area contributed by atoms with Crippen LogP contribution in [0, 0.1) is 10.1 Å². The van der Waals surface area contributed by atoms with Crippen molar-refractivity contribution in [2.75, 3.05) is 0 Å². The van der Waals surface area contributed by atoms with Gasteiger partial charge < -0.3 is 4.55 Å². The molecule has 0 spiro atoms. The zero-order valence-electron chi connectivity index (χ0n) is 14.3. The molecule has 0 aliphatic carbocycles. The van der Waals surface area contributed by atoms with E-state index >= 15 is 0 Å². The number of hydrogen-bond donors (Lipinski definition) is 0. The van der Waals surface area contributed by atoms with Crippen LogP contribution in [-0.4, -0.2) is 23.4 Å². The summed E-state index contributed by atoms with van der Waals surface area (Å²) in [4.78, 5) is 10.3. The number of benzene rings is 2. The van der Waals surface area contributed by atoms with E-state index in [1.54, 1.807) is 18.2 Å². The third-order valence-electron chi connectivity index (χ3n) is 3.50. The Kier molecular flexibility index (Phi) is 6.44. The molecule has 0 aliphatic rings. The standard InChI is InChI=1S/C15H9F3NO2S.CHF3O3S/c16-15(17,18)22-13-7-2-1-4-11(13)9-14(22)10-5-3-6-12(8-10)19(20)21;2-1(3,4)8(5,6)7/h1-9H;(H,5,6,7)/q+1;/p-1. The minimum Gasteiger partial charge on any atom is -0.741 e. The zero-order chi connectivity index (χ0) is 22.9. The van der Waals surface area contributed by atoms with Crippen molar-refractivity contribution in [3.05, 3.63) is 64.7 Å². The molecule has 0 amide bonds. The maximum Gasteiger partial charge on any atom is 0.601 e. The number of hydrogen-bond acceptors (Lipinski definition) is 5. The van der Waals surface area contributed by atoms with Crippen LogP contribution in [-0.2, 0) is 15.6 Å². The molecule has 2 aromatic carbocycles. The van der Waals surface area contributed by atoms with E-state index < -0.39 is 36.5 Å². The van der Waals surface area contributed by atoms with Gasteiger partial charge in [-0.25, -0.2) is 8.42 Å². The Bertz CT molecular complexity index is 1180. The number of fused-ring (bicyclic) bond motifs is 1. The molecule has 6 nitrogen and oxygen atoms in total. The summed E-state index contributed by atoms with van der Waals surface area (Å²) in [5.41, 5.74) is -10.1. The van der Waals surface area contributed by atoms with E-state index in [1.807, 2.05) is 0 Å². The molecule has 1 heterocycles. The number of nitro groups is 1. The maximum atomic E-state index is 13.5. The molecule has 0 fully saturated rings. The first-order valence-electron chi connectivity index (χ1n) is 7.52. The van der Waals surface area contributed by atoms with Crippen LogP contribution >= 0.6 is 10.5 Å². The molecular weight excluding hydrogens is 464 g/mol. The van der Waals surface area contributed by atoms with E-state index in [0.717, 1.165) is 0 Å². The minimum absolute atomic E-state index is 0.0670. The molecular formula is C16H9F6NO5S2. The molecule has 0 aliphatic heterocycles. The highest BCUT2D eigenvalue weighted by Gasteiger charge is 2.48. The summed E-state index contributed by atoms with van der Waals surface area (Å²) in [6.07, 6.45) is 0. The van der Waals surface area contributed by atoms with Crippen LogP contribution in [0.4, 0.5) is 32.0 Å². The molecule has 0 saturated carbocycles. The van der Waals surface area contributed by atoms with E-state index in [2.05, 4.69) is 0 Å². The summed E-state index contributed by atoms with van der Waals surface area (Å²) >= 11 is 0. The van der Waals surface area contributed by atoms with Crippen LogP contribution in [0.5, 0.6) is 0 Å². The highest BCUT2D eigenvalue weighted by Crippen LogP contribution is 2.54. The van der Waals surface area contributed by atoms with E-state index in [1.165, 1.54) is 36.4 Å². The highest BCUT2D eigenvalue weighted by molar-refractivity contribution is 7.86. The molecule has 3 rings (SSSR count). The highest BCUT2D eigenvalue weighted by atomic mass is 32.2. The fourth-order valence-electron chi connectivity index (χ4n) is 2.33. The molecule has 162 valence electrons. The van der Waals surface area contributed by atoms with Crippen LogP contribution in [0.2, 0.25) is 0 Å². The van der Waals surface area contributed by atoms with Gasteiger partial charge in [-0.3, -0.25) is 10.1 Å². The van der Waals surface area contributed by atoms with Crippen molar-refractivity contribution in [3.8, 4) is 10.4 Å². The Hall–Kier alpha value is -2.71. The predicted molar refractivity (Wildman–Crippen MR) is 95.6 cm³/mol. The molecule has 30 heavy (non-hydrogen) atoms. The normalized spacial score (nSPS) is 13.0. The second-order valence-corrected chi connectivity index (χ2v) is 8.83. The lowest BCUT2D eigenvalue weighted by Crippen LogP contribution is -2.21. The van der Waals surface area contributed by atoms with Gasteiger partial charge in [0.1, 0.15) is 10.5 Å². The van der Waals surface area contributed by atoms with Gasteiger partial charge >= 0.3 is 11.0 Å². The Balaban J connectivity index is 0.000000343. The van der Waals surface area contributed by atoms with Crippen LogP contribution in [0.1, 0.15) is 0 Å². The number of alkyl halides is 6. The van der Waals surface area contributed by atoms with E-state index in [-0.39, 0.29) is 20.8 Å². The molecule has 0 N–H and O–H groups in total. The van der Waals surface area contributed by atoms with Gasteiger partial charge in [0.15, 0.2) is 19.7 Å². The lowest BCUT2D eigenvalue weighted by atomic mass is 10.1. The zero-order valence-corrected chi connectivity index (χ0v) is 15.9. The van der Waals surface area contributed by atoms with Crippen LogP contribution < -0.4 is 0 Å². The maximum absolute atomic E-state index is 13.5. The number of non-ortho nitro benzene ring substituents is 1. The molecule has 1 unspecified atom stereocenters. The predicted octanol–water partition coefficient (Wildman–Crippen LogP) is 5.69. The van der Waals surface area contributed by atoms with Gasteiger partial charge in [-0.2, -0.15) is 13.2 Å². The summed E-state index contributed by atoms with van der Waals surface area (Å²) in [7, 11) is -8.18. The van der Waals surface area contributed by atoms with Gasteiger partial charge in [0, 0.05) is 29.1 Å². The lowest BCUT2D eigenvalue weighted by molar-refractivity contribution is -0.384. The molecule has 0 saturated heterocycles. The van der Waals surface area contributed by atoms with Crippen molar-refractivity contribution >= 4 is 36.4 Å². The van der Waals surface area contributed by atoms with Gasteiger partial charge in [0.2, 0.25) is 0 Å². The summed E-state index contributed by atoms with van der Waals surface area (Å²) < 4.78 is 99.5. The first-order valence-corrected chi connectivity index (χ1v) is 10.1. The number of halogens is 6. The molecule has 14 heteroatoms. The van der Waals surface area contributed by atoms with Crippen molar-refractivity contribution in [1.82, 2.24) is 0 Å². The Morgan fingerprint density at radius 3 is 1.97 bits per heavy atom. The Labute approximate surface area is 167 Å². The van der Waals surface area contributed by atoms with Crippen LogP contribution in [0.3, 0.4) is 0 Å². The summed E-state index contributed by atoms with van der Waals surface area (Å²) in [5, 5.41) is 11.3. The van der Waals surface area contributed by atoms with Gasteiger partial charge in [-0.05, 0) is 18.2 Å². The van der Waals surface area contributed by atoms with Gasteiger partial charge in [0.25, 0.3) is 5.69 Å².